The number of benzene rings is 2. The number of piperazine rings is 1. The first kappa shape index (κ1) is 29.9. The van der Waals surface area contributed by atoms with Crippen LogP contribution in [0.3, 0.4) is 0 Å². The first-order valence-corrected chi connectivity index (χ1v) is 15.6. The molecule has 1 aliphatic carbocycles. The van der Waals surface area contributed by atoms with Gasteiger partial charge in [0.15, 0.2) is 0 Å². The number of fused-ring (bicyclic) bond motifs is 2. The highest BCUT2D eigenvalue weighted by atomic mass is 16.6. The summed E-state index contributed by atoms with van der Waals surface area (Å²) in [6.07, 6.45) is 2.58. The normalized spacial score (nSPS) is 19.2. The summed E-state index contributed by atoms with van der Waals surface area (Å²) in [7, 11) is 1.78. The van der Waals surface area contributed by atoms with Crippen molar-refractivity contribution in [3.05, 3.63) is 53.2 Å². The van der Waals surface area contributed by atoms with Crippen molar-refractivity contribution < 1.29 is 14.3 Å². The van der Waals surface area contributed by atoms with E-state index in [0.717, 1.165) is 56.0 Å². The molecule has 232 valence electrons. The van der Waals surface area contributed by atoms with Gasteiger partial charge in [0.2, 0.25) is 0 Å². The van der Waals surface area contributed by atoms with Gasteiger partial charge in [-0.15, -0.1) is 0 Å². The monoisotopic (exact) mass is 597 g/mol. The van der Waals surface area contributed by atoms with E-state index in [1.165, 1.54) is 22.0 Å². The second-order valence-electron chi connectivity index (χ2n) is 13.4. The Hall–Kier alpha value is -4.10. The molecule has 1 atom stereocenters. The van der Waals surface area contributed by atoms with E-state index in [4.69, 9.17) is 19.4 Å². The van der Waals surface area contributed by atoms with Crippen molar-refractivity contribution in [2.45, 2.75) is 77.1 Å². The van der Waals surface area contributed by atoms with Gasteiger partial charge in [0.05, 0.1) is 30.3 Å². The zero-order valence-corrected chi connectivity index (χ0v) is 26.5. The van der Waals surface area contributed by atoms with Crippen molar-refractivity contribution in [3.8, 4) is 12.1 Å². The highest BCUT2D eigenvalue weighted by Gasteiger charge is 2.51. The average Bonchev–Trinajstić information content (AvgIpc) is 3.79. The highest BCUT2D eigenvalue weighted by Crippen LogP contribution is 2.42. The summed E-state index contributed by atoms with van der Waals surface area (Å²) >= 11 is 0. The van der Waals surface area contributed by atoms with Crippen LogP contribution in [0.4, 0.5) is 16.3 Å². The number of nitriles is 1. The largest absolute Gasteiger partial charge is 0.461 e. The number of carbonyl (C=O) groups is 1. The number of carbonyl (C=O) groups excluding carboxylic acids is 1. The highest BCUT2D eigenvalue weighted by molar-refractivity contribution is 5.97. The van der Waals surface area contributed by atoms with Crippen LogP contribution in [0.15, 0.2) is 36.4 Å². The Morgan fingerprint density at radius 3 is 2.66 bits per heavy atom. The third-order valence-corrected chi connectivity index (χ3v) is 9.02. The lowest BCUT2D eigenvalue weighted by molar-refractivity contribution is 0.0134. The molecular weight excluding hydrogens is 554 g/mol. The molecule has 1 aromatic heterocycles. The molecule has 10 nitrogen and oxygen atoms in total. The Bertz CT molecular complexity index is 1580. The molecule has 0 unspecified atom stereocenters. The van der Waals surface area contributed by atoms with E-state index in [2.05, 4.69) is 64.5 Å². The Kier molecular flexibility index (Phi) is 8.01. The molecule has 2 aromatic carbocycles. The van der Waals surface area contributed by atoms with Crippen LogP contribution >= 0.6 is 0 Å². The summed E-state index contributed by atoms with van der Waals surface area (Å²) in [5.74, 6) is 0.897. The van der Waals surface area contributed by atoms with E-state index in [9.17, 15) is 10.1 Å². The molecule has 1 saturated heterocycles. The summed E-state index contributed by atoms with van der Waals surface area (Å²) in [5.41, 5.74) is 3.57. The fraction of sp³-hybridized carbons (Fsp3) is 0.529. The number of nitrogens with one attached hydrogen (secondary N) is 1. The van der Waals surface area contributed by atoms with Crippen molar-refractivity contribution in [3.63, 3.8) is 0 Å². The first-order chi connectivity index (χ1) is 21.1. The molecule has 2 aliphatic heterocycles. The maximum atomic E-state index is 12.9. The SMILES string of the molecule is Cc1cccc2cccc(N3CCc4c(nc(OCC5(N(C)C(=O)OC(C)(C)C)CC5)nc4N4CCN[C@@H](CC#N)C4)C3)c12. The van der Waals surface area contributed by atoms with E-state index >= 15 is 0 Å². The Morgan fingerprint density at radius 2 is 1.93 bits per heavy atom. The van der Waals surface area contributed by atoms with Crippen LogP contribution < -0.4 is 19.9 Å². The quantitative estimate of drug-likeness (QED) is 0.404. The van der Waals surface area contributed by atoms with E-state index in [1.54, 1.807) is 11.9 Å². The summed E-state index contributed by atoms with van der Waals surface area (Å²) in [6.45, 7) is 11.9. The Morgan fingerprint density at radius 1 is 1.16 bits per heavy atom. The molecule has 1 saturated carbocycles. The number of hydrogen-bond donors (Lipinski definition) is 1. The maximum absolute atomic E-state index is 12.9. The van der Waals surface area contributed by atoms with E-state index < -0.39 is 11.1 Å². The summed E-state index contributed by atoms with van der Waals surface area (Å²) in [6, 6.07) is 15.7. The van der Waals surface area contributed by atoms with Crippen LogP contribution in [0.1, 0.15) is 56.9 Å². The van der Waals surface area contributed by atoms with Crippen LogP contribution in [0.2, 0.25) is 0 Å². The fourth-order valence-corrected chi connectivity index (χ4v) is 6.40. The molecule has 3 aliphatic rings. The minimum Gasteiger partial charge on any atom is -0.461 e. The lowest BCUT2D eigenvalue weighted by Gasteiger charge is -2.37. The van der Waals surface area contributed by atoms with Gasteiger partial charge >= 0.3 is 12.1 Å². The number of hydrogen-bond acceptors (Lipinski definition) is 9. The van der Waals surface area contributed by atoms with Gasteiger partial charge in [-0.3, -0.25) is 0 Å². The van der Waals surface area contributed by atoms with E-state index in [1.807, 2.05) is 20.8 Å². The molecule has 0 bridgehead atoms. The smallest absolute Gasteiger partial charge is 0.410 e. The molecule has 44 heavy (non-hydrogen) atoms. The van der Waals surface area contributed by atoms with Gasteiger partial charge in [-0.1, -0.05) is 30.3 Å². The number of aromatic nitrogens is 2. The standard InChI is InChI=1S/C34H43N7O3/c1-23-8-6-9-24-10-7-11-28(29(23)24)40-18-13-26-27(21-40)37-31(38-30(26)41-19-17-36-25(20-41)12-16-35)43-22-34(14-15-34)39(5)32(42)44-33(2,3)4/h6-11,25,36H,12-15,17-22H2,1-5H3/t25-/m0/s1. The Balaban J connectivity index is 1.30. The number of likely N-dealkylation sites (N-methyl/N-ethyl adjacent to an activating group) is 1. The number of ether oxygens (including phenoxy) is 2. The number of amides is 1. The predicted octanol–water partition coefficient (Wildman–Crippen LogP) is 4.97. The predicted molar refractivity (Wildman–Crippen MR) is 171 cm³/mol. The average molecular weight is 598 g/mol. The third kappa shape index (κ3) is 6.11. The molecule has 1 N–H and O–H groups in total. The van der Waals surface area contributed by atoms with Gasteiger partial charge < -0.3 is 29.5 Å². The molecule has 6 rings (SSSR count). The van der Waals surface area contributed by atoms with Crippen molar-refractivity contribution in [2.24, 2.45) is 0 Å². The number of anilines is 2. The van der Waals surface area contributed by atoms with Gasteiger partial charge in [0.1, 0.15) is 18.0 Å². The number of rotatable bonds is 7. The van der Waals surface area contributed by atoms with Crippen LogP contribution in [0, 0.1) is 18.3 Å². The summed E-state index contributed by atoms with van der Waals surface area (Å²) < 4.78 is 12.0. The first-order valence-electron chi connectivity index (χ1n) is 15.6. The zero-order chi connectivity index (χ0) is 31.1. The molecule has 1 amide bonds. The van der Waals surface area contributed by atoms with Gasteiger partial charge in [0.25, 0.3) is 0 Å². The fourth-order valence-electron chi connectivity index (χ4n) is 6.40. The van der Waals surface area contributed by atoms with Gasteiger partial charge in [-0.25, -0.2) is 4.79 Å². The molecule has 10 heteroatoms. The van der Waals surface area contributed by atoms with Crippen LogP contribution in [-0.4, -0.2) is 78.0 Å². The number of nitrogens with zero attached hydrogens (tertiary/aromatic N) is 6. The van der Waals surface area contributed by atoms with Crippen molar-refractivity contribution in [1.82, 2.24) is 20.2 Å². The maximum Gasteiger partial charge on any atom is 0.410 e. The van der Waals surface area contributed by atoms with Gasteiger partial charge in [0, 0.05) is 55.9 Å². The molecule has 3 aromatic rings. The molecule has 0 spiro atoms. The van der Waals surface area contributed by atoms with Crippen LogP contribution in [0.25, 0.3) is 10.8 Å². The zero-order valence-electron chi connectivity index (χ0n) is 26.5. The van der Waals surface area contributed by atoms with Crippen molar-refractivity contribution in [1.29, 1.82) is 5.26 Å². The van der Waals surface area contributed by atoms with Crippen molar-refractivity contribution in [2.75, 3.05) is 49.6 Å². The second-order valence-corrected chi connectivity index (χ2v) is 13.4. The molecule has 0 radical (unpaired) electrons. The lowest BCUT2D eigenvalue weighted by atomic mass is 9.99. The lowest BCUT2D eigenvalue weighted by Crippen LogP contribution is -2.51. The topological polar surface area (TPSA) is 107 Å². The van der Waals surface area contributed by atoms with E-state index in [0.29, 0.717) is 32.1 Å². The minimum absolute atomic E-state index is 0.0830. The molecule has 2 fully saturated rings. The summed E-state index contributed by atoms with van der Waals surface area (Å²) in [5, 5.41) is 15.3. The Labute approximate surface area is 260 Å². The van der Waals surface area contributed by atoms with Crippen LogP contribution in [0.5, 0.6) is 6.01 Å². The number of aryl methyl sites for hydroxylation is 1. The third-order valence-electron chi connectivity index (χ3n) is 9.02. The van der Waals surface area contributed by atoms with E-state index in [-0.39, 0.29) is 12.1 Å². The second kappa shape index (κ2) is 11.8. The molecule has 3 heterocycles. The van der Waals surface area contributed by atoms with Gasteiger partial charge in [-0.05, 0) is 64.0 Å². The van der Waals surface area contributed by atoms with Gasteiger partial charge in [-0.2, -0.15) is 15.2 Å². The van der Waals surface area contributed by atoms with Crippen LogP contribution in [-0.2, 0) is 17.7 Å². The summed E-state index contributed by atoms with van der Waals surface area (Å²) in [4.78, 5) is 29.2. The molecular formula is C34H43N7O3. The minimum atomic E-state index is -0.569. The van der Waals surface area contributed by atoms with Crippen molar-refractivity contribution >= 4 is 28.4 Å².